The van der Waals surface area contributed by atoms with Gasteiger partial charge in [0.15, 0.2) is 11.6 Å². The van der Waals surface area contributed by atoms with E-state index < -0.39 is 10.0 Å². The second-order valence-corrected chi connectivity index (χ2v) is 10.1. The van der Waals surface area contributed by atoms with Crippen molar-refractivity contribution in [3.8, 4) is 0 Å². The zero-order valence-electron chi connectivity index (χ0n) is 17.9. The molecule has 2 aromatic rings. The maximum Gasteiger partial charge on any atom is 0.243 e. The Labute approximate surface area is 179 Å². The molecule has 0 bridgehead atoms. The van der Waals surface area contributed by atoms with Crippen LogP contribution in [-0.4, -0.2) is 61.7 Å². The SMILES string of the molecule is CCC1CCCCN1c1ccc(N2CCN(S(=O)(=O)c3ccc(C)cc3)CC2)nn1. The fourth-order valence-electron chi connectivity index (χ4n) is 4.38. The molecule has 1 aromatic heterocycles. The van der Waals surface area contributed by atoms with Gasteiger partial charge in [0.2, 0.25) is 10.0 Å². The minimum Gasteiger partial charge on any atom is -0.352 e. The average molecular weight is 430 g/mol. The number of aryl methyl sites for hydroxylation is 1. The number of piperidine rings is 1. The summed E-state index contributed by atoms with van der Waals surface area (Å²) >= 11 is 0. The van der Waals surface area contributed by atoms with E-state index in [2.05, 4.69) is 33.0 Å². The van der Waals surface area contributed by atoms with Crippen LogP contribution in [0.2, 0.25) is 0 Å². The summed E-state index contributed by atoms with van der Waals surface area (Å²) in [6, 6.07) is 11.7. The molecule has 0 amide bonds. The first kappa shape index (κ1) is 21.1. The fraction of sp³-hybridized carbons (Fsp3) is 0.545. The largest absolute Gasteiger partial charge is 0.352 e. The first-order valence-electron chi connectivity index (χ1n) is 10.9. The molecule has 30 heavy (non-hydrogen) atoms. The molecule has 1 atom stereocenters. The highest BCUT2D eigenvalue weighted by Crippen LogP contribution is 2.26. The van der Waals surface area contributed by atoms with E-state index in [0.29, 0.717) is 37.1 Å². The quantitative estimate of drug-likeness (QED) is 0.728. The van der Waals surface area contributed by atoms with Crippen LogP contribution in [0.25, 0.3) is 0 Å². The van der Waals surface area contributed by atoms with E-state index >= 15 is 0 Å². The third-order valence-corrected chi connectivity index (χ3v) is 8.16. The molecule has 2 aliphatic rings. The van der Waals surface area contributed by atoms with Gasteiger partial charge >= 0.3 is 0 Å². The second kappa shape index (κ2) is 8.89. The van der Waals surface area contributed by atoms with Gasteiger partial charge in [0, 0.05) is 38.8 Å². The number of rotatable bonds is 5. The number of piperazine rings is 1. The summed E-state index contributed by atoms with van der Waals surface area (Å²) in [4.78, 5) is 4.86. The van der Waals surface area contributed by atoms with Crippen molar-refractivity contribution in [2.24, 2.45) is 0 Å². The highest BCUT2D eigenvalue weighted by molar-refractivity contribution is 7.89. The topological polar surface area (TPSA) is 69.6 Å². The van der Waals surface area contributed by atoms with E-state index in [1.165, 1.54) is 19.3 Å². The maximum absolute atomic E-state index is 12.9. The highest BCUT2D eigenvalue weighted by atomic mass is 32.2. The molecule has 1 unspecified atom stereocenters. The van der Waals surface area contributed by atoms with Gasteiger partial charge in [-0.05, 0) is 56.9 Å². The van der Waals surface area contributed by atoms with Crippen LogP contribution in [0.1, 0.15) is 38.2 Å². The molecule has 0 spiro atoms. The molecular weight excluding hydrogens is 398 g/mol. The molecule has 2 saturated heterocycles. The lowest BCUT2D eigenvalue weighted by Gasteiger charge is -2.36. The van der Waals surface area contributed by atoms with Crippen molar-refractivity contribution >= 4 is 21.7 Å². The number of sulfonamides is 1. The van der Waals surface area contributed by atoms with Crippen LogP contribution in [-0.2, 0) is 10.0 Å². The van der Waals surface area contributed by atoms with Crippen molar-refractivity contribution in [3.05, 3.63) is 42.0 Å². The Morgan fingerprint density at radius 3 is 2.20 bits per heavy atom. The van der Waals surface area contributed by atoms with E-state index in [1.54, 1.807) is 16.4 Å². The first-order valence-corrected chi connectivity index (χ1v) is 12.3. The molecule has 2 aliphatic heterocycles. The molecule has 0 N–H and O–H groups in total. The van der Waals surface area contributed by atoms with Crippen molar-refractivity contribution in [2.75, 3.05) is 42.5 Å². The molecule has 3 heterocycles. The molecule has 8 heteroatoms. The van der Waals surface area contributed by atoms with Gasteiger partial charge in [0.25, 0.3) is 0 Å². The molecule has 162 valence electrons. The van der Waals surface area contributed by atoms with Gasteiger partial charge in [-0.3, -0.25) is 0 Å². The molecule has 7 nitrogen and oxygen atoms in total. The summed E-state index contributed by atoms with van der Waals surface area (Å²) in [6.45, 7) is 7.35. The molecule has 2 fully saturated rings. The number of hydrogen-bond acceptors (Lipinski definition) is 6. The third-order valence-electron chi connectivity index (χ3n) is 6.25. The Morgan fingerprint density at radius 1 is 0.900 bits per heavy atom. The summed E-state index contributed by atoms with van der Waals surface area (Å²) in [5, 5.41) is 8.97. The predicted molar refractivity (Wildman–Crippen MR) is 119 cm³/mol. The van der Waals surface area contributed by atoms with Crippen molar-refractivity contribution in [1.29, 1.82) is 0 Å². The molecule has 4 rings (SSSR count). The van der Waals surface area contributed by atoms with E-state index in [-0.39, 0.29) is 0 Å². The monoisotopic (exact) mass is 429 g/mol. The lowest BCUT2D eigenvalue weighted by Crippen LogP contribution is -2.49. The molecular formula is C22H31N5O2S. The molecule has 0 aliphatic carbocycles. The van der Waals surface area contributed by atoms with Crippen molar-refractivity contribution < 1.29 is 8.42 Å². The summed E-state index contributed by atoms with van der Waals surface area (Å²) in [6.07, 6.45) is 4.84. The van der Waals surface area contributed by atoms with Gasteiger partial charge in [0.1, 0.15) is 0 Å². The van der Waals surface area contributed by atoms with E-state index in [4.69, 9.17) is 0 Å². The van der Waals surface area contributed by atoms with E-state index in [0.717, 1.165) is 30.2 Å². The van der Waals surface area contributed by atoms with Crippen LogP contribution in [0.3, 0.4) is 0 Å². The van der Waals surface area contributed by atoms with Gasteiger partial charge in [-0.2, -0.15) is 4.31 Å². The Kier molecular flexibility index (Phi) is 6.24. The second-order valence-electron chi connectivity index (χ2n) is 8.21. The summed E-state index contributed by atoms with van der Waals surface area (Å²) in [7, 11) is -3.45. The third kappa shape index (κ3) is 4.30. The summed E-state index contributed by atoms with van der Waals surface area (Å²) in [5.41, 5.74) is 1.05. The fourth-order valence-corrected chi connectivity index (χ4v) is 5.81. The van der Waals surface area contributed by atoms with E-state index in [1.807, 2.05) is 25.1 Å². The Bertz CT molecular complexity index is 938. The molecule has 0 saturated carbocycles. The lowest BCUT2D eigenvalue weighted by atomic mass is 10.0. The maximum atomic E-state index is 12.9. The van der Waals surface area contributed by atoms with Gasteiger partial charge in [-0.1, -0.05) is 24.6 Å². The minimum absolute atomic E-state index is 0.359. The Hall–Kier alpha value is -2.19. The Balaban J connectivity index is 1.40. The van der Waals surface area contributed by atoms with Crippen LogP contribution in [0, 0.1) is 6.92 Å². The van der Waals surface area contributed by atoms with Gasteiger partial charge in [-0.25, -0.2) is 8.42 Å². The van der Waals surface area contributed by atoms with E-state index in [9.17, 15) is 8.42 Å². The predicted octanol–water partition coefficient (Wildman–Crippen LogP) is 3.06. The van der Waals surface area contributed by atoms with Crippen molar-refractivity contribution in [3.63, 3.8) is 0 Å². The first-order chi connectivity index (χ1) is 14.5. The van der Waals surface area contributed by atoms with Crippen LogP contribution in [0.4, 0.5) is 11.6 Å². The minimum atomic E-state index is -3.45. The zero-order chi connectivity index (χ0) is 21.1. The van der Waals surface area contributed by atoms with Gasteiger partial charge < -0.3 is 9.80 Å². The lowest BCUT2D eigenvalue weighted by molar-refractivity contribution is 0.383. The molecule has 0 radical (unpaired) electrons. The van der Waals surface area contributed by atoms with Crippen LogP contribution in [0.5, 0.6) is 0 Å². The van der Waals surface area contributed by atoms with Gasteiger partial charge in [0.05, 0.1) is 4.90 Å². The normalized spacial score (nSPS) is 21.1. The van der Waals surface area contributed by atoms with Crippen LogP contribution in [0.15, 0.2) is 41.3 Å². The molecule has 1 aromatic carbocycles. The van der Waals surface area contributed by atoms with Crippen molar-refractivity contribution in [1.82, 2.24) is 14.5 Å². The standard InChI is InChI=1S/C22H31N5O2S/c1-3-19-6-4-5-13-27(19)22-12-11-21(23-24-22)25-14-16-26(17-15-25)30(28,29)20-9-7-18(2)8-10-20/h7-12,19H,3-6,13-17H2,1-2H3. The Morgan fingerprint density at radius 2 is 1.57 bits per heavy atom. The smallest absolute Gasteiger partial charge is 0.243 e. The summed E-state index contributed by atoms with van der Waals surface area (Å²) in [5.74, 6) is 1.77. The average Bonchev–Trinajstić information content (AvgIpc) is 2.79. The van der Waals surface area contributed by atoms with Gasteiger partial charge in [-0.15, -0.1) is 10.2 Å². The van der Waals surface area contributed by atoms with Crippen LogP contribution >= 0.6 is 0 Å². The number of anilines is 2. The summed E-state index contributed by atoms with van der Waals surface area (Å²) < 4.78 is 27.4. The number of aromatic nitrogens is 2. The number of hydrogen-bond donors (Lipinski definition) is 0. The zero-order valence-corrected chi connectivity index (χ0v) is 18.7. The van der Waals surface area contributed by atoms with Crippen LogP contribution < -0.4 is 9.80 Å². The highest BCUT2D eigenvalue weighted by Gasteiger charge is 2.29. The number of nitrogens with zero attached hydrogens (tertiary/aromatic N) is 5. The van der Waals surface area contributed by atoms with Crippen molar-refractivity contribution in [2.45, 2.75) is 50.5 Å². The number of benzene rings is 1.